The number of carbonyl (C=O) groups excluding carboxylic acids is 4. The van der Waals surface area contributed by atoms with Gasteiger partial charge in [-0.25, -0.2) is 9.69 Å². The lowest BCUT2D eigenvalue weighted by molar-refractivity contribution is -0.135. The molecule has 3 fully saturated rings. The van der Waals surface area contributed by atoms with E-state index in [2.05, 4.69) is 10.2 Å². The summed E-state index contributed by atoms with van der Waals surface area (Å²) in [6, 6.07) is 3.31. The number of nitrogens with zero attached hydrogens (tertiary/aromatic N) is 2. The van der Waals surface area contributed by atoms with Gasteiger partial charge in [-0.15, -0.1) is 11.3 Å². The number of anilines is 2. The van der Waals surface area contributed by atoms with E-state index in [1.54, 1.807) is 19.1 Å². The Kier molecular flexibility index (Phi) is 4.79. The second-order valence-corrected chi connectivity index (χ2v) is 11.3. The van der Waals surface area contributed by atoms with Gasteiger partial charge in [0.15, 0.2) is 0 Å². The number of hydrogen-bond donors (Lipinski definition) is 1. The van der Waals surface area contributed by atoms with Crippen molar-refractivity contribution in [2.75, 3.05) is 23.9 Å². The Labute approximate surface area is 211 Å². The standard InChI is InChI=1S/C25H24ClN3O5S/c1-10-12(3)35-22(16(10)23(32)34-4)29-20(30)17-15-6-5-9-28(15)25(18(17)21(29)31)13-7-8-14(26)11(2)19(13)27-24(25)33/h7-8,15,17-18H,5-6,9H2,1-4H3,(H,27,33)/t15-,17+,18-,25+/m0/s1. The van der Waals surface area contributed by atoms with Crippen LogP contribution in [0.15, 0.2) is 12.1 Å². The molecule has 5 heterocycles. The van der Waals surface area contributed by atoms with E-state index in [9.17, 15) is 19.2 Å². The van der Waals surface area contributed by atoms with Crippen LogP contribution in [-0.2, 0) is 24.7 Å². The van der Waals surface area contributed by atoms with Crippen molar-refractivity contribution in [1.82, 2.24) is 4.90 Å². The van der Waals surface area contributed by atoms with Crippen LogP contribution in [-0.4, -0.2) is 48.3 Å². The van der Waals surface area contributed by atoms with Crippen LogP contribution >= 0.6 is 22.9 Å². The van der Waals surface area contributed by atoms with Crippen molar-refractivity contribution in [1.29, 1.82) is 0 Å². The average molecular weight is 514 g/mol. The number of ether oxygens (including phenoxy) is 1. The monoisotopic (exact) mass is 513 g/mol. The first kappa shape index (κ1) is 22.7. The number of imide groups is 1. The molecule has 1 spiro atoms. The summed E-state index contributed by atoms with van der Waals surface area (Å²) < 4.78 is 4.98. The van der Waals surface area contributed by atoms with E-state index in [1.807, 2.05) is 13.8 Å². The van der Waals surface area contributed by atoms with E-state index in [-0.39, 0.29) is 28.4 Å². The highest BCUT2D eigenvalue weighted by Crippen LogP contribution is 2.61. The molecule has 8 nitrogen and oxygen atoms in total. The van der Waals surface area contributed by atoms with Crippen LogP contribution in [0.2, 0.25) is 5.02 Å². The predicted octanol–water partition coefficient (Wildman–Crippen LogP) is 3.54. The molecule has 0 aliphatic carbocycles. The van der Waals surface area contributed by atoms with Crippen LogP contribution in [0, 0.1) is 32.6 Å². The maximum absolute atomic E-state index is 14.2. The number of fused-ring (bicyclic) bond motifs is 7. The summed E-state index contributed by atoms with van der Waals surface area (Å²) in [7, 11) is 1.28. The molecular formula is C25H24ClN3O5S. The van der Waals surface area contributed by atoms with Gasteiger partial charge in [0.1, 0.15) is 10.5 Å². The third-order valence-corrected chi connectivity index (χ3v) is 9.92. The van der Waals surface area contributed by atoms with E-state index >= 15 is 0 Å². The van der Waals surface area contributed by atoms with E-state index < -0.39 is 29.3 Å². The molecular weight excluding hydrogens is 490 g/mol. The molecule has 0 radical (unpaired) electrons. The topological polar surface area (TPSA) is 96.0 Å². The SMILES string of the molecule is COC(=O)c1c(N2C(=O)[C@H]3[C@@H](C2=O)[C@]2(C(=O)Nc4c2ccc(Cl)c4C)N2CCC[C@@H]32)sc(C)c1C. The smallest absolute Gasteiger partial charge is 0.341 e. The maximum atomic E-state index is 14.2. The number of halogens is 1. The second-order valence-electron chi connectivity index (χ2n) is 9.69. The van der Waals surface area contributed by atoms with Crippen LogP contribution in [0.3, 0.4) is 0 Å². The molecule has 1 N–H and O–H groups in total. The highest BCUT2D eigenvalue weighted by molar-refractivity contribution is 7.17. The fourth-order valence-electron chi connectivity index (χ4n) is 6.70. The number of thiophene rings is 1. The molecule has 4 atom stereocenters. The molecule has 35 heavy (non-hydrogen) atoms. The van der Waals surface area contributed by atoms with Gasteiger partial charge in [-0.3, -0.25) is 19.3 Å². The van der Waals surface area contributed by atoms with Gasteiger partial charge in [-0.05, 0) is 57.4 Å². The van der Waals surface area contributed by atoms with E-state index in [0.717, 1.165) is 28.2 Å². The Hall–Kier alpha value is -2.75. The molecule has 1 aromatic heterocycles. The number of methoxy groups -OCH3 is 1. The van der Waals surface area contributed by atoms with E-state index in [1.165, 1.54) is 18.4 Å². The quantitative estimate of drug-likeness (QED) is 0.487. The van der Waals surface area contributed by atoms with Crippen molar-refractivity contribution >= 4 is 57.3 Å². The summed E-state index contributed by atoms with van der Waals surface area (Å²) in [4.78, 5) is 58.7. The molecule has 4 aliphatic heterocycles. The fraction of sp³-hybridized carbons (Fsp3) is 0.440. The van der Waals surface area contributed by atoms with E-state index in [0.29, 0.717) is 28.4 Å². The number of benzene rings is 1. The van der Waals surface area contributed by atoms with Gasteiger partial charge in [-0.2, -0.15) is 0 Å². The molecule has 1 aromatic carbocycles. The second kappa shape index (κ2) is 7.38. The van der Waals surface area contributed by atoms with Crippen LogP contribution < -0.4 is 10.2 Å². The predicted molar refractivity (Wildman–Crippen MR) is 131 cm³/mol. The van der Waals surface area contributed by atoms with Crippen molar-refractivity contribution in [3.8, 4) is 0 Å². The summed E-state index contributed by atoms with van der Waals surface area (Å²) in [5.74, 6) is -3.26. The third kappa shape index (κ3) is 2.56. The first-order valence-corrected chi connectivity index (χ1v) is 12.8. The fourth-order valence-corrected chi connectivity index (χ4v) is 8.01. The lowest BCUT2D eigenvalue weighted by Crippen LogP contribution is -2.54. The molecule has 3 amide bonds. The molecule has 3 saturated heterocycles. The van der Waals surface area contributed by atoms with Gasteiger partial charge >= 0.3 is 5.97 Å². The maximum Gasteiger partial charge on any atom is 0.341 e. The van der Waals surface area contributed by atoms with Crippen LogP contribution in [0.1, 0.15) is 44.8 Å². The molecule has 6 rings (SSSR count). The van der Waals surface area contributed by atoms with Crippen molar-refractivity contribution < 1.29 is 23.9 Å². The Morgan fingerprint density at radius 3 is 2.63 bits per heavy atom. The Morgan fingerprint density at radius 1 is 1.17 bits per heavy atom. The summed E-state index contributed by atoms with van der Waals surface area (Å²) in [5, 5.41) is 3.79. The van der Waals surface area contributed by atoms with Gasteiger partial charge in [0, 0.05) is 21.5 Å². The summed E-state index contributed by atoms with van der Waals surface area (Å²) >= 11 is 7.58. The highest BCUT2D eigenvalue weighted by Gasteiger charge is 2.75. The lowest BCUT2D eigenvalue weighted by Gasteiger charge is -2.36. The first-order valence-electron chi connectivity index (χ1n) is 11.6. The Balaban J connectivity index is 1.57. The number of hydrogen-bond acceptors (Lipinski definition) is 7. The van der Waals surface area contributed by atoms with Gasteiger partial charge in [-0.1, -0.05) is 17.7 Å². The van der Waals surface area contributed by atoms with Crippen LogP contribution in [0.5, 0.6) is 0 Å². The largest absolute Gasteiger partial charge is 0.465 e. The molecule has 4 aliphatic rings. The minimum Gasteiger partial charge on any atom is -0.465 e. The van der Waals surface area contributed by atoms with Gasteiger partial charge in [0.05, 0.1) is 30.2 Å². The molecule has 10 heteroatoms. The zero-order chi connectivity index (χ0) is 25.0. The van der Waals surface area contributed by atoms with Crippen LogP contribution in [0.25, 0.3) is 0 Å². The minimum absolute atomic E-state index is 0.230. The van der Waals surface area contributed by atoms with Gasteiger partial charge in [0.25, 0.3) is 0 Å². The first-order chi connectivity index (χ1) is 16.7. The van der Waals surface area contributed by atoms with Crippen LogP contribution in [0.4, 0.5) is 10.7 Å². The Bertz CT molecular complexity index is 1370. The molecule has 0 bridgehead atoms. The number of aryl methyl sites for hydroxylation is 1. The van der Waals surface area contributed by atoms with Crippen molar-refractivity contribution in [2.24, 2.45) is 11.8 Å². The summed E-state index contributed by atoms with van der Waals surface area (Å²) in [5.41, 5.74) is 1.67. The zero-order valence-corrected chi connectivity index (χ0v) is 21.3. The zero-order valence-electron chi connectivity index (χ0n) is 19.7. The summed E-state index contributed by atoms with van der Waals surface area (Å²) in [6.45, 7) is 6.08. The number of nitrogens with one attached hydrogen (secondary N) is 1. The van der Waals surface area contributed by atoms with E-state index in [4.69, 9.17) is 16.3 Å². The average Bonchev–Trinajstić information content (AvgIpc) is 3.58. The molecule has 182 valence electrons. The van der Waals surface area contributed by atoms with Crippen molar-refractivity contribution in [3.05, 3.63) is 44.3 Å². The lowest BCUT2D eigenvalue weighted by atomic mass is 9.75. The third-order valence-electron chi connectivity index (χ3n) is 8.32. The van der Waals surface area contributed by atoms with Gasteiger partial charge < -0.3 is 10.1 Å². The summed E-state index contributed by atoms with van der Waals surface area (Å²) in [6.07, 6.45) is 1.55. The van der Waals surface area contributed by atoms with Crippen molar-refractivity contribution in [3.63, 3.8) is 0 Å². The number of amides is 3. The molecule has 2 aromatic rings. The molecule has 0 saturated carbocycles. The minimum atomic E-state index is -1.29. The molecule has 0 unspecified atom stereocenters. The van der Waals surface area contributed by atoms with Gasteiger partial charge in [0.2, 0.25) is 17.7 Å². The number of carbonyl (C=O) groups is 4. The number of rotatable bonds is 2. The number of esters is 1. The normalized spacial score (nSPS) is 29.1. The Morgan fingerprint density at radius 2 is 1.91 bits per heavy atom. The van der Waals surface area contributed by atoms with Crippen molar-refractivity contribution in [2.45, 2.75) is 45.2 Å². The highest BCUT2D eigenvalue weighted by atomic mass is 35.5.